The Morgan fingerprint density at radius 1 is 1.09 bits per heavy atom. The van der Waals surface area contributed by atoms with Crippen molar-refractivity contribution in [2.24, 2.45) is 0 Å². The summed E-state index contributed by atoms with van der Waals surface area (Å²) in [5, 5.41) is 3.14. The molecular formula is C23H15BrCl2N2O5. The third-order valence-electron chi connectivity index (χ3n) is 4.75. The van der Waals surface area contributed by atoms with E-state index >= 15 is 0 Å². The first kappa shape index (κ1) is 23.1. The van der Waals surface area contributed by atoms with Crippen LogP contribution >= 0.6 is 39.1 Å². The van der Waals surface area contributed by atoms with Crippen LogP contribution in [0.1, 0.15) is 16.9 Å². The SMILES string of the molecule is O=C1NC(=O)N(Cc2ccco2)C(=O)/C1=C/c1cc(Br)ccc1OCc1ccc(Cl)cc1Cl. The Bertz CT molecular complexity index is 1270. The number of hydrogen-bond acceptors (Lipinski definition) is 5. The second-order valence-corrected chi connectivity index (χ2v) is 8.75. The van der Waals surface area contributed by atoms with Crippen molar-refractivity contribution in [3.8, 4) is 5.75 Å². The van der Waals surface area contributed by atoms with Gasteiger partial charge in [0.1, 0.15) is 23.7 Å². The summed E-state index contributed by atoms with van der Waals surface area (Å²) < 4.78 is 11.8. The number of carbonyl (C=O) groups excluding carboxylic acids is 3. The summed E-state index contributed by atoms with van der Waals surface area (Å²) in [7, 11) is 0. The summed E-state index contributed by atoms with van der Waals surface area (Å²) in [5.41, 5.74) is 0.957. The fourth-order valence-electron chi connectivity index (χ4n) is 3.11. The molecule has 2 heterocycles. The number of carbonyl (C=O) groups is 3. The highest BCUT2D eigenvalue weighted by atomic mass is 79.9. The van der Waals surface area contributed by atoms with E-state index < -0.39 is 17.8 Å². The van der Waals surface area contributed by atoms with Gasteiger partial charge in [-0.15, -0.1) is 0 Å². The van der Waals surface area contributed by atoms with Gasteiger partial charge in [0.2, 0.25) is 0 Å². The number of hydrogen-bond donors (Lipinski definition) is 1. The number of rotatable bonds is 6. The maximum atomic E-state index is 13.0. The molecule has 0 atom stereocenters. The molecule has 1 aliphatic rings. The molecule has 168 valence electrons. The standard InChI is InChI=1S/C23H15BrCl2N2O5/c24-15-4-6-20(33-12-13-3-5-16(25)10-19(13)26)14(8-15)9-18-21(29)27-23(31)28(22(18)30)11-17-2-1-7-32-17/h1-10H,11-12H2,(H,27,29,31)/b18-9+. The zero-order chi connectivity index (χ0) is 23.5. The fraction of sp³-hybridized carbons (Fsp3) is 0.0870. The Morgan fingerprint density at radius 2 is 1.91 bits per heavy atom. The van der Waals surface area contributed by atoms with E-state index in [-0.39, 0.29) is 18.7 Å². The van der Waals surface area contributed by atoms with Crippen molar-refractivity contribution >= 4 is 63.1 Å². The highest BCUT2D eigenvalue weighted by molar-refractivity contribution is 9.10. The van der Waals surface area contributed by atoms with E-state index in [4.69, 9.17) is 32.4 Å². The van der Waals surface area contributed by atoms with Gasteiger partial charge < -0.3 is 9.15 Å². The van der Waals surface area contributed by atoms with Crippen molar-refractivity contribution < 1.29 is 23.5 Å². The van der Waals surface area contributed by atoms with E-state index in [9.17, 15) is 14.4 Å². The van der Waals surface area contributed by atoms with Crippen LogP contribution in [0.25, 0.3) is 6.08 Å². The first-order valence-electron chi connectivity index (χ1n) is 9.59. The number of furan rings is 1. The van der Waals surface area contributed by atoms with E-state index in [0.29, 0.717) is 37.2 Å². The summed E-state index contributed by atoms with van der Waals surface area (Å²) in [6.07, 6.45) is 2.81. The molecule has 33 heavy (non-hydrogen) atoms. The van der Waals surface area contributed by atoms with Gasteiger partial charge in [-0.3, -0.25) is 19.8 Å². The minimum absolute atomic E-state index is 0.112. The minimum atomic E-state index is -0.818. The quantitative estimate of drug-likeness (QED) is 0.320. The molecule has 4 rings (SSSR count). The van der Waals surface area contributed by atoms with Gasteiger partial charge in [0, 0.05) is 25.6 Å². The molecule has 4 amide bonds. The number of nitrogens with one attached hydrogen (secondary N) is 1. The van der Waals surface area contributed by atoms with Crippen molar-refractivity contribution in [2.45, 2.75) is 13.2 Å². The molecule has 0 radical (unpaired) electrons. The molecule has 10 heteroatoms. The van der Waals surface area contributed by atoms with Crippen LogP contribution in [0.4, 0.5) is 4.79 Å². The summed E-state index contributed by atoms with van der Waals surface area (Å²) in [6, 6.07) is 12.7. The van der Waals surface area contributed by atoms with Gasteiger partial charge in [0.05, 0.1) is 12.8 Å². The Kier molecular flexibility index (Phi) is 6.88. The number of nitrogens with zero attached hydrogens (tertiary/aromatic N) is 1. The number of amides is 4. The van der Waals surface area contributed by atoms with Gasteiger partial charge >= 0.3 is 6.03 Å². The number of ether oxygens (including phenoxy) is 1. The molecular weight excluding hydrogens is 535 g/mol. The molecule has 2 aromatic carbocycles. The third kappa shape index (κ3) is 5.30. The van der Waals surface area contributed by atoms with E-state index in [1.807, 2.05) is 0 Å². The molecule has 0 aliphatic carbocycles. The summed E-state index contributed by atoms with van der Waals surface area (Å²) >= 11 is 15.5. The lowest BCUT2D eigenvalue weighted by atomic mass is 10.1. The molecule has 1 saturated heterocycles. The van der Waals surface area contributed by atoms with Crippen LogP contribution in [-0.2, 0) is 22.7 Å². The number of halogens is 3. The predicted molar refractivity (Wildman–Crippen MR) is 126 cm³/mol. The molecule has 0 unspecified atom stereocenters. The van der Waals surface area contributed by atoms with Gasteiger partial charge in [-0.1, -0.05) is 45.2 Å². The van der Waals surface area contributed by atoms with Gasteiger partial charge in [0.15, 0.2) is 0 Å². The third-order valence-corrected chi connectivity index (χ3v) is 5.83. The average molecular weight is 550 g/mol. The molecule has 1 fully saturated rings. The first-order valence-corrected chi connectivity index (χ1v) is 11.1. The summed E-state index contributed by atoms with van der Waals surface area (Å²) in [5.74, 6) is -0.732. The fourth-order valence-corrected chi connectivity index (χ4v) is 3.95. The average Bonchev–Trinajstić information content (AvgIpc) is 3.28. The largest absolute Gasteiger partial charge is 0.488 e. The Morgan fingerprint density at radius 3 is 2.64 bits per heavy atom. The monoisotopic (exact) mass is 548 g/mol. The van der Waals surface area contributed by atoms with Gasteiger partial charge in [-0.05, 0) is 48.5 Å². The Hall–Kier alpha value is -3.07. The molecule has 1 aliphatic heterocycles. The van der Waals surface area contributed by atoms with E-state index in [1.54, 1.807) is 48.5 Å². The molecule has 3 aromatic rings. The van der Waals surface area contributed by atoms with Crippen LogP contribution in [0, 0.1) is 0 Å². The zero-order valence-corrected chi connectivity index (χ0v) is 19.9. The summed E-state index contributed by atoms with van der Waals surface area (Å²) in [6.45, 7) is 0.0241. The van der Waals surface area contributed by atoms with Crippen molar-refractivity contribution in [3.05, 3.63) is 91.8 Å². The van der Waals surface area contributed by atoms with Crippen molar-refractivity contribution in [1.82, 2.24) is 10.2 Å². The molecule has 7 nitrogen and oxygen atoms in total. The number of imide groups is 2. The van der Waals surface area contributed by atoms with E-state index in [2.05, 4.69) is 21.2 Å². The van der Waals surface area contributed by atoms with Crippen LogP contribution in [0.5, 0.6) is 5.75 Å². The maximum Gasteiger partial charge on any atom is 0.331 e. The number of barbiturate groups is 1. The normalized spacial score (nSPS) is 15.2. The zero-order valence-electron chi connectivity index (χ0n) is 16.8. The van der Waals surface area contributed by atoms with Crippen molar-refractivity contribution in [1.29, 1.82) is 0 Å². The van der Waals surface area contributed by atoms with Crippen LogP contribution in [-0.4, -0.2) is 22.7 Å². The molecule has 0 spiro atoms. The second kappa shape index (κ2) is 9.82. The number of urea groups is 1. The molecule has 1 N–H and O–H groups in total. The van der Waals surface area contributed by atoms with E-state index in [1.165, 1.54) is 12.3 Å². The number of benzene rings is 2. The minimum Gasteiger partial charge on any atom is -0.488 e. The van der Waals surface area contributed by atoms with Crippen LogP contribution < -0.4 is 10.1 Å². The van der Waals surface area contributed by atoms with Gasteiger partial charge in [-0.2, -0.15) is 0 Å². The predicted octanol–water partition coefficient (Wildman–Crippen LogP) is 5.59. The highest BCUT2D eigenvalue weighted by Crippen LogP contribution is 2.29. The molecule has 1 aromatic heterocycles. The molecule has 0 bridgehead atoms. The van der Waals surface area contributed by atoms with Crippen LogP contribution in [0.2, 0.25) is 10.0 Å². The molecule has 0 saturated carbocycles. The smallest absolute Gasteiger partial charge is 0.331 e. The Balaban J connectivity index is 1.62. The lowest BCUT2D eigenvalue weighted by molar-refractivity contribution is -0.130. The van der Waals surface area contributed by atoms with Crippen LogP contribution in [0.15, 0.2) is 69.3 Å². The second-order valence-electron chi connectivity index (χ2n) is 6.99. The van der Waals surface area contributed by atoms with Crippen LogP contribution in [0.3, 0.4) is 0 Å². The lowest BCUT2D eigenvalue weighted by Crippen LogP contribution is -2.53. The van der Waals surface area contributed by atoms with Gasteiger partial charge in [0.25, 0.3) is 11.8 Å². The van der Waals surface area contributed by atoms with Crippen molar-refractivity contribution in [2.75, 3.05) is 0 Å². The topological polar surface area (TPSA) is 88.9 Å². The maximum absolute atomic E-state index is 13.0. The Labute approximate surface area is 207 Å². The highest BCUT2D eigenvalue weighted by Gasteiger charge is 2.36. The first-order chi connectivity index (χ1) is 15.8. The van der Waals surface area contributed by atoms with Gasteiger partial charge in [-0.25, -0.2) is 4.79 Å². The van der Waals surface area contributed by atoms with E-state index in [0.717, 1.165) is 4.90 Å². The van der Waals surface area contributed by atoms with Crippen molar-refractivity contribution in [3.63, 3.8) is 0 Å². The summed E-state index contributed by atoms with van der Waals surface area (Å²) in [4.78, 5) is 38.6. The lowest BCUT2D eigenvalue weighted by Gasteiger charge is -2.25.